The van der Waals surface area contributed by atoms with Gasteiger partial charge in [-0.2, -0.15) is 0 Å². The topological polar surface area (TPSA) is 61.3 Å². The van der Waals surface area contributed by atoms with E-state index < -0.39 is 5.67 Å². The minimum Gasteiger partial charge on any atom is -0.474 e. The number of aromatic nitrogens is 2. The summed E-state index contributed by atoms with van der Waals surface area (Å²) in [6.45, 7) is 8.20. The molecule has 0 saturated heterocycles. The molecule has 0 bridgehead atoms. The predicted octanol–water partition coefficient (Wildman–Crippen LogP) is 4.70. The SMILES string of the molecule is CC(=O)C[C@@H](C)COC1CC(F)(COc2ccc3nc(C(C)C)sc3n2)C1. The number of thiazole rings is 1. The van der Waals surface area contributed by atoms with Crippen molar-refractivity contribution in [3.05, 3.63) is 17.1 Å². The molecule has 7 heteroatoms. The summed E-state index contributed by atoms with van der Waals surface area (Å²) >= 11 is 1.55. The predicted molar refractivity (Wildman–Crippen MR) is 104 cm³/mol. The molecular weight excluding hydrogens is 367 g/mol. The fourth-order valence-corrected chi connectivity index (χ4v) is 4.12. The summed E-state index contributed by atoms with van der Waals surface area (Å²) in [5.74, 6) is 1.10. The number of rotatable bonds is 9. The van der Waals surface area contributed by atoms with Crippen LogP contribution in [-0.4, -0.2) is 40.7 Å². The van der Waals surface area contributed by atoms with Gasteiger partial charge in [-0.25, -0.2) is 14.4 Å². The standard InChI is InChI=1S/C20H27FN2O3S/c1-12(2)18-22-16-5-6-17(23-19(16)27-18)26-11-20(21)8-15(9-20)25-10-13(3)7-14(4)24/h5-6,12-13,15H,7-11H2,1-4H3/t13-,15?,20?/m1/s1. The lowest BCUT2D eigenvalue weighted by atomic mass is 9.79. The van der Waals surface area contributed by atoms with E-state index in [0.717, 1.165) is 15.4 Å². The summed E-state index contributed by atoms with van der Waals surface area (Å²) in [6.07, 6.45) is 1.04. The lowest BCUT2D eigenvalue weighted by molar-refractivity contribution is -0.125. The molecule has 0 unspecified atom stereocenters. The van der Waals surface area contributed by atoms with Gasteiger partial charge in [0.2, 0.25) is 5.88 Å². The first-order valence-electron chi connectivity index (χ1n) is 9.44. The number of nitrogens with zero attached hydrogens (tertiary/aromatic N) is 2. The summed E-state index contributed by atoms with van der Waals surface area (Å²) < 4.78 is 26.0. The van der Waals surface area contributed by atoms with Gasteiger partial charge in [0.15, 0.2) is 0 Å². The Morgan fingerprint density at radius 3 is 2.74 bits per heavy atom. The van der Waals surface area contributed by atoms with Crippen LogP contribution < -0.4 is 4.74 Å². The lowest BCUT2D eigenvalue weighted by Gasteiger charge is -2.40. The van der Waals surface area contributed by atoms with Crippen LogP contribution in [0.4, 0.5) is 4.39 Å². The number of fused-ring (bicyclic) bond motifs is 1. The van der Waals surface area contributed by atoms with Crippen LogP contribution in [0.1, 0.15) is 57.9 Å². The van der Waals surface area contributed by atoms with E-state index >= 15 is 0 Å². The highest BCUT2D eigenvalue weighted by atomic mass is 32.1. The third kappa shape index (κ3) is 5.23. The Balaban J connectivity index is 1.46. The van der Waals surface area contributed by atoms with Crippen molar-refractivity contribution in [3.8, 4) is 5.88 Å². The molecule has 1 aliphatic rings. The average molecular weight is 395 g/mol. The van der Waals surface area contributed by atoms with Crippen LogP contribution >= 0.6 is 11.3 Å². The van der Waals surface area contributed by atoms with Crippen LogP contribution in [0.5, 0.6) is 5.88 Å². The summed E-state index contributed by atoms with van der Waals surface area (Å²) in [6, 6.07) is 3.61. The molecule has 2 heterocycles. The first-order chi connectivity index (χ1) is 12.7. The molecule has 148 valence electrons. The molecule has 1 fully saturated rings. The number of Topliss-reactive ketones (excluding diaryl/α,β-unsaturated/α-hetero) is 1. The quantitative estimate of drug-likeness (QED) is 0.617. The van der Waals surface area contributed by atoms with Gasteiger partial charge in [-0.05, 0) is 18.9 Å². The second-order valence-corrected chi connectivity index (χ2v) is 9.00. The van der Waals surface area contributed by atoms with E-state index in [-0.39, 0.29) is 24.4 Å². The van der Waals surface area contributed by atoms with Crippen molar-refractivity contribution in [1.82, 2.24) is 9.97 Å². The second-order valence-electron chi connectivity index (χ2n) is 8.00. The van der Waals surface area contributed by atoms with Crippen molar-refractivity contribution >= 4 is 27.5 Å². The molecular formula is C20H27FN2O3S. The smallest absolute Gasteiger partial charge is 0.214 e. The number of ketones is 1. The van der Waals surface area contributed by atoms with E-state index in [9.17, 15) is 9.18 Å². The monoisotopic (exact) mass is 394 g/mol. The van der Waals surface area contributed by atoms with E-state index in [1.165, 1.54) is 0 Å². The van der Waals surface area contributed by atoms with Gasteiger partial charge in [-0.1, -0.05) is 32.1 Å². The summed E-state index contributed by atoms with van der Waals surface area (Å²) in [7, 11) is 0. The summed E-state index contributed by atoms with van der Waals surface area (Å²) in [5.41, 5.74) is -0.523. The maximum absolute atomic E-state index is 14.7. The number of hydrogen-bond donors (Lipinski definition) is 0. The number of ether oxygens (including phenoxy) is 2. The Bertz CT molecular complexity index is 802. The number of halogens is 1. The van der Waals surface area contributed by atoms with E-state index in [4.69, 9.17) is 9.47 Å². The van der Waals surface area contributed by atoms with E-state index in [1.807, 2.05) is 13.0 Å². The van der Waals surface area contributed by atoms with Crippen LogP contribution in [0.3, 0.4) is 0 Å². The van der Waals surface area contributed by atoms with Crippen LogP contribution in [0, 0.1) is 5.92 Å². The van der Waals surface area contributed by atoms with Gasteiger partial charge in [0, 0.05) is 37.9 Å². The number of alkyl halides is 1. The van der Waals surface area contributed by atoms with E-state index in [0.29, 0.717) is 37.7 Å². The highest BCUT2D eigenvalue weighted by molar-refractivity contribution is 7.18. The zero-order valence-corrected chi connectivity index (χ0v) is 17.1. The van der Waals surface area contributed by atoms with Crippen molar-refractivity contribution in [2.24, 2.45) is 5.92 Å². The Morgan fingerprint density at radius 2 is 2.07 bits per heavy atom. The molecule has 2 aromatic rings. The van der Waals surface area contributed by atoms with Gasteiger partial charge in [0.1, 0.15) is 28.4 Å². The molecule has 0 N–H and O–H groups in total. The fraction of sp³-hybridized carbons (Fsp3) is 0.650. The Hall–Kier alpha value is -1.60. The molecule has 0 radical (unpaired) electrons. The third-order valence-electron chi connectivity index (χ3n) is 4.66. The molecule has 27 heavy (non-hydrogen) atoms. The maximum atomic E-state index is 14.7. The Kier molecular flexibility index (Phi) is 6.11. The summed E-state index contributed by atoms with van der Waals surface area (Å²) in [4.78, 5) is 20.9. The molecule has 1 saturated carbocycles. The number of hydrogen-bond acceptors (Lipinski definition) is 6. The van der Waals surface area contributed by atoms with E-state index in [1.54, 1.807) is 24.3 Å². The fourth-order valence-electron chi connectivity index (χ4n) is 3.19. The maximum Gasteiger partial charge on any atom is 0.214 e. The van der Waals surface area contributed by atoms with Crippen molar-refractivity contribution < 1.29 is 18.7 Å². The van der Waals surface area contributed by atoms with Gasteiger partial charge >= 0.3 is 0 Å². The van der Waals surface area contributed by atoms with Gasteiger partial charge < -0.3 is 14.3 Å². The van der Waals surface area contributed by atoms with Crippen LogP contribution in [0.15, 0.2) is 12.1 Å². The zero-order valence-electron chi connectivity index (χ0n) is 16.3. The molecule has 0 spiro atoms. The number of carbonyl (C=O) groups excluding carboxylic acids is 1. The highest BCUT2D eigenvalue weighted by Crippen LogP contribution is 2.39. The Morgan fingerprint density at radius 1 is 1.33 bits per heavy atom. The van der Waals surface area contributed by atoms with Crippen LogP contribution in [-0.2, 0) is 9.53 Å². The second kappa shape index (κ2) is 8.19. The minimum absolute atomic E-state index is 0.0236. The van der Waals surface area contributed by atoms with E-state index in [2.05, 4.69) is 23.8 Å². The molecule has 2 aromatic heterocycles. The largest absolute Gasteiger partial charge is 0.474 e. The van der Waals surface area contributed by atoms with Gasteiger partial charge in [-0.15, -0.1) is 0 Å². The van der Waals surface area contributed by atoms with Crippen molar-refractivity contribution in [1.29, 1.82) is 0 Å². The van der Waals surface area contributed by atoms with Crippen LogP contribution in [0.2, 0.25) is 0 Å². The summed E-state index contributed by atoms with van der Waals surface area (Å²) in [5, 5.41) is 1.04. The van der Waals surface area contributed by atoms with Gasteiger partial charge in [0.05, 0.1) is 11.1 Å². The first-order valence-corrected chi connectivity index (χ1v) is 10.3. The lowest BCUT2D eigenvalue weighted by Crippen LogP contribution is -2.49. The molecule has 3 rings (SSSR count). The minimum atomic E-state index is -1.37. The Labute approximate surface area is 163 Å². The molecule has 1 aliphatic carbocycles. The average Bonchev–Trinajstić information content (AvgIpc) is 2.99. The highest BCUT2D eigenvalue weighted by Gasteiger charge is 2.46. The van der Waals surface area contributed by atoms with Gasteiger partial charge in [0.25, 0.3) is 0 Å². The van der Waals surface area contributed by atoms with Crippen LogP contribution in [0.25, 0.3) is 10.3 Å². The third-order valence-corrected chi connectivity index (χ3v) is 5.92. The van der Waals surface area contributed by atoms with Crippen molar-refractivity contribution in [2.45, 2.75) is 64.6 Å². The molecule has 1 atom stereocenters. The normalized spacial score (nSPS) is 23.4. The zero-order chi connectivity index (χ0) is 19.6. The van der Waals surface area contributed by atoms with Crippen molar-refractivity contribution in [2.75, 3.05) is 13.2 Å². The van der Waals surface area contributed by atoms with Gasteiger partial charge in [-0.3, -0.25) is 0 Å². The molecule has 5 nitrogen and oxygen atoms in total. The molecule has 0 aromatic carbocycles. The number of carbonyl (C=O) groups is 1. The first kappa shape index (κ1) is 20.1. The van der Waals surface area contributed by atoms with Crippen molar-refractivity contribution in [3.63, 3.8) is 0 Å². The molecule has 0 amide bonds. The molecule has 0 aliphatic heterocycles. The number of pyridine rings is 1.